The number of halogens is 2. The van der Waals surface area contributed by atoms with Crippen LogP contribution in [0.4, 0.5) is 20.3 Å². The monoisotopic (exact) mass is 561 g/mol. The number of hydrogen-bond acceptors (Lipinski definition) is 8. The SMILES string of the molecule is C=C(F)C(=O)Nc1ccc(-c2nn3ncnc(N)c3c2-c2ccc(C(=O)NC34CC(F)(C3)C4)c(OC)c2)c(OC)c1. The summed E-state index contributed by atoms with van der Waals surface area (Å²) >= 11 is 0. The van der Waals surface area contributed by atoms with Gasteiger partial charge in [0, 0.05) is 47.7 Å². The Balaban J connectivity index is 1.44. The van der Waals surface area contributed by atoms with Crippen LogP contribution in [0.1, 0.15) is 29.6 Å². The molecule has 3 aliphatic carbocycles. The summed E-state index contributed by atoms with van der Waals surface area (Å²) in [6, 6.07) is 9.73. The molecule has 0 unspecified atom stereocenters. The highest BCUT2D eigenvalue weighted by molar-refractivity contribution is 6.03. The molecule has 210 valence electrons. The number of alkyl halides is 1. The number of anilines is 2. The first-order valence-corrected chi connectivity index (χ1v) is 12.6. The summed E-state index contributed by atoms with van der Waals surface area (Å²) in [6.07, 6.45) is 2.24. The minimum Gasteiger partial charge on any atom is -0.496 e. The van der Waals surface area contributed by atoms with E-state index in [1.807, 2.05) is 0 Å². The van der Waals surface area contributed by atoms with Crippen molar-refractivity contribution in [2.24, 2.45) is 0 Å². The predicted molar refractivity (Wildman–Crippen MR) is 146 cm³/mol. The molecule has 7 rings (SSSR count). The number of aromatic nitrogens is 4. The molecule has 3 aliphatic rings. The molecule has 2 aromatic carbocycles. The van der Waals surface area contributed by atoms with Gasteiger partial charge in [-0.2, -0.15) is 0 Å². The number of rotatable bonds is 8. The maximum Gasteiger partial charge on any atom is 0.283 e. The zero-order valence-electron chi connectivity index (χ0n) is 22.1. The van der Waals surface area contributed by atoms with Gasteiger partial charge in [-0.1, -0.05) is 12.6 Å². The first-order chi connectivity index (χ1) is 19.5. The number of nitrogens with one attached hydrogen (secondary N) is 2. The van der Waals surface area contributed by atoms with Crippen molar-refractivity contribution in [3.8, 4) is 33.9 Å². The van der Waals surface area contributed by atoms with Crippen LogP contribution in [-0.2, 0) is 4.79 Å². The number of carbonyl (C=O) groups is 2. The van der Waals surface area contributed by atoms with E-state index in [0.29, 0.717) is 64.2 Å². The lowest BCUT2D eigenvalue weighted by Crippen LogP contribution is -2.76. The van der Waals surface area contributed by atoms with Gasteiger partial charge in [0.25, 0.3) is 11.8 Å². The zero-order valence-corrected chi connectivity index (χ0v) is 22.1. The van der Waals surface area contributed by atoms with E-state index in [1.54, 1.807) is 30.3 Å². The molecule has 0 aliphatic heterocycles. The van der Waals surface area contributed by atoms with Gasteiger partial charge in [-0.25, -0.2) is 13.8 Å². The molecule has 41 heavy (non-hydrogen) atoms. The largest absolute Gasteiger partial charge is 0.496 e. The Bertz CT molecular complexity index is 1750. The molecule has 0 saturated heterocycles. The third kappa shape index (κ3) is 4.29. The van der Waals surface area contributed by atoms with Crippen molar-refractivity contribution < 1.29 is 27.8 Å². The fraction of sp³-hybridized carbons (Fsp3) is 0.250. The molecule has 2 amide bonds. The van der Waals surface area contributed by atoms with E-state index < -0.39 is 22.9 Å². The van der Waals surface area contributed by atoms with Gasteiger partial charge in [0.05, 0.1) is 19.8 Å². The second kappa shape index (κ2) is 9.25. The molecule has 0 atom stereocenters. The van der Waals surface area contributed by atoms with E-state index in [9.17, 15) is 18.4 Å². The fourth-order valence-electron chi connectivity index (χ4n) is 5.68. The van der Waals surface area contributed by atoms with Gasteiger partial charge < -0.3 is 25.8 Å². The van der Waals surface area contributed by atoms with Gasteiger partial charge in [0.2, 0.25) is 0 Å². The minimum absolute atomic E-state index is 0.155. The van der Waals surface area contributed by atoms with Gasteiger partial charge in [0.1, 0.15) is 34.7 Å². The van der Waals surface area contributed by atoms with Gasteiger partial charge in [0.15, 0.2) is 11.6 Å². The first-order valence-electron chi connectivity index (χ1n) is 12.6. The van der Waals surface area contributed by atoms with Crippen molar-refractivity contribution in [2.75, 3.05) is 25.3 Å². The van der Waals surface area contributed by atoms with Crippen LogP contribution in [0, 0.1) is 0 Å². The van der Waals surface area contributed by atoms with Crippen LogP contribution < -0.4 is 25.8 Å². The smallest absolute Gasteiger partial charge is 0.283 e. The molecule has 0 radical (unpaired) electrons. The molecule has 11 nitrogen and oxygen atoms in total. The molecule has 2 heterocycles. The van der Waals surface area contributed by atoms with Crippen LogP contribution >= 0.6 is 0 Å². The first kappa shape index (κ1) is 26.2. The zero-order chi connectivity index (χ0) is 29.1. The number of methoxy groups -OCH3 is 2. The van der Waals surface area contributed by atoms with E-state index in [4.69, 9.17) is 15.2 Å². The summed E-state index contributed by atoms with van der Waals surface area (Å²) in [6.45, 7) is 3.00. The number of nitrogens with zero attached hydrogens (tertiary/aromatic N) is 4. The van der Waals surface area contributed by atoms with Gasteiger partial charge in [-0.3, -0.25) is 9.59 Å². The van der Waals surface area contributed by atoms with Crippen molar-refractivity contribution in [3.63, 3.8) is 0 Å². The normalized spacial score (nSPS) is 20.5. The standard InChI is InChI=1S/C28H25F2N7O4/c1-14(29)25(38)34-16-5-7-17(20(9-16)41-3)22-21(23-24(31)32-13-33-37(23)36-22)15-4-6-18(19(8-15)40-2)26(39)35-28-10-27(30,11-28)12-28/h4-9,13H,1,10-12H2,2-3H3,(H,34,38)(H,35,39)(H2,31,32,33). The quantitative estimate of drug-likeness (QED) is 0.275. The average molecular weight is 562 g/mol. The summed E-state index contributed by atoms with van der Waals surface area (Å²) in [5.74, 6) is -1.71. The number of fused-ring (bicyclic) bond motifs is 1. The highest BCUT2D eigenvalue weighted by Crippen LogP contribution is 2.63. The van der Waals surface area contributed by atoms with E-state index in [-0.39, 0.29) is 17.4 Å². The molecule has 4 N–H and O–H groups in total. The molecule has 3 saturated carbocycles. The van der Waals surface area contributed by atoms with Gasteiger partial charge in [-0.15, -0.1) is 14.8 Å². The van der Waals surface area contributed by atoms with Crippen molar-refractivity contribution in [1.29, 1.82) is 0 Å². The summed E-state index contributed by atoms with van der Waals surface area (Å²) in [4.78, 5) is 29.0. The number of carbonyl (C=O) groups excluding carboxylic acids is 2. The van der Waals surface area contributed by atoms with Gasteiger partial charge >= 0.3 is 0 Å². The highest BCUT2D eigenvalue weighted by Gasteiger charge is 2.69. The maximum atomic E-state index is 14.0. The number of hydrogen-bond donors (Lipinski definition) is 3. The van der Waals surface area contributed by atoms with Crippen LogP contribution in [0.15, 0.2) is 55.1 Å². The predicted octanol–water partition coefficient (Wildman–Crippen LogP) is 3.85. The van der Waals surface area contributed by atoms with Crippen molar-refractivity contribution in [1.82, 2.24) is 25.1 Å². The molecular formula is C28H25F2N7O4. The second-order valence-electron chi connectivity index (χ2n) is 10.3. The number of benzene rings is 2. The van der Waals surface area contributed by atoms with Crippen LogP contribution in [0.25, 0.3) is 27.9 Å². The lowest BCUT2D eigenvalue weighted by Gasteiger charge is -2.65. The van der Waals surface area contributed by atoms with E-state index in [0.717, 1.165) is 0 Å². The second-order valence-corrected chi connectivity index (χ2v) is 10.3. The van der Waals surface area contributed by atoms with Crippen LogP contribution in [0.3, 0.4) is 0 Å². The third-order valence-corrected chi connectivity index (χ3v) is 7.51. The summed E-state index contributed by atoms with van der Waals surface area (Å²) in [7, 11) is 2.89. The molecule has 13 heteroatoms. The van der Waals surface area contributed by atoms with Crippen LogP contribution in [0.5, 0.6) is 11.5 Å². The molecule has 0 spiro atoms. The Morgan fingerprint density at radius 1 is 1.10 bits per heavy atom. The highest BCUT2D eigenvalue weighted by atomic mass is 19.1. The molecule has 4 aromatic rings. The lowest BCUT2D eigenvalue weighted by molar-refractivity contribution is -0.162. The molecule has 2 bridgehead atoms. The van der Waals surface area contributed by atoms with Gasteiger partial charge in [-0.05, 0) is 29.8 Å². The molecule has 2 aromatic heterocycles. The van der Waals surface area contributed by atoms with Crippen molar-refractivity contribution in [2.45, 2.75) is 30.5 Å². The van der Waals surface area contributed by atoms with Crippen molar-refractivity contribution >= 4 is 28.8 Å². The van der Waals surface area contributed by atoms with Crippen LogP contribution in [0.2, 0.25) is 0 Å². The van der Waals surface area contributed by atoms with Crippen LogP contribution in [-0.4, -0.2) is 57.1 Å². The maximum absolute atomic E-state index is 14.0. The Morgan fingerprint density at radius 3 is 2.49 bits per heavy atom. The molecule has 3 fully saturated rings. The number of ether oxygens (including phenoxy) is 2. The number of amides is 2. The topological polar surface area (TPSA) is 146 Å². The summed E-state index contributed by atoms with van der Waals surface area (Å²) in [5.41, 5.74) is 7.63. The fourth-order valence-corrected chi connectivity index (χ4v) is 5.68. The Labute approximate surface area is 232 Å². The Morgan fingerprint density at radius 2 is 1.83 bits per heavy atom. The van der Waals surface area contributed by atoms with E-state index >= 15 is 0 Å². The lowest BCUT2D eigenvalue weighted by atomic mass is 9.47. The molecular weight excluding hydrogens is 536 g/mol. The van der Waals surface area contributed by atoms with E-state index in [2.05, 4.69) is 32.4 Å². The number of nitrogen functional groups attached to an aromatic ring is 1. The Hall–Kier alpha value is -5.07. The summed E-state index contributed by atoms with van der Waals surface area (Å²) in [5, 5.41) is 14.2. The van der Waals surface area contributed by atoms with E-state index in [1.165, 1.54) is 31.2 Å². The van der Waals surface area contributed by atoms with Crippen molar-refractivity contribution in [3.05, 3.63) is 60.7 Å². The number of nitrogens with two attached hydrogens (primary N) is 1. The average Bonchev–Trinajstić information content (AvgIpc) is 3.31. The summed E-state index contributed by atoms with van der Waals surface area (Å²) < 4.78 is 39.7. The Kier molecular flexibility index (Phi) is 5.90. The minimum atomic E-state index is -1.14. The third-order valence-electron chi connectivity index (χ3n) is 7.51.